The number of carboxylic acid groups (broad SMARTS) is 1. The summed E-state index contributed by atoms with van der Waals surface area (Å²) >= 11 is 0. The van der Waals surface area contributed by atoms with Gasteiger partial charge in [-0.15, -0.1) is 0 Å². The Morgan fingerprint density at radius 1 is 1.04 bits per heavy atom. The number of halogens is 3. The Balaban J connectivity index is 2.29. The molecule has 2 aromatic carbocycles. The number of hydrogen-bond acceptors (Lipinski definition) is 3. The maximum Gasteiger partial charge on any atom is 0.501 e. The van der Waals surface area contributed by atoms with E-state index in [1.165, 1.54) is 24.3 Å². The Morgan fingerprint density at radius 2 is 1.62 bits per heavy atom. The van der Waals surface area contributed by atoms with Crippen molar-refractivity contribution in [2.24, 2.45) is 0 Å². The average Bonchev–Trinajstić information content (AvgIpc) is 2.46. The lowest BCUT2D eigenvalue weighted by Crippen LogP contribution is -2.23. The molecule has 8 heteroatoms. The summed E-state index contributed by atoms with van der Waals surface area (Å²) in [6.45, 7) is 1.73. The third-order valence-electron chi connectivity index (χ3n) is 3.33. The van der Waals surface area contributed by atoms with Crippen molar-refractivity contribution in [3.8, 4) is 0 Å². The maximum absolute atomic E-state index is 12.5. The Morgan fingerprint density at radius 3 is 2.12 bits per heavy atom. The minimum absolute atomic E-state index is 0.112. The lowest BCUT2D eigenvalue weighted by molar-refractivity contribution is -0.0436. The first-order valence-corrected chi connectivity index (χ1v) is 8.23. The molecule has 0 fully saturated rings. The summed E-state index contributed by atoms with van der Waals surface area (Å²) in [5, 5.41) is 9.03. The van der Waals surface area contributed by atoms with Crippen molar-refractivity contribution < 1.29 is 31.5 Å². The van der Waals surface area contributed by atoms with E-state index in [1.54, 1.807) is 13.0 Å². The van der Waals surface area contributed by atoms with Crippen LogP contribution in [-0.2, 0) is 16.3 Å². The van der Waals surface area contributed by atoms with Crippen LogP contribution in [0.3, 0.4) is 0 Å². The minimum Gasteiger partial charge on any atom is -0.478 e. The molecule has 0 saturated carbocycles. The lowest BCUT2D eigenvalue weighted by atomic mass is 10.0. The molecule has 24 heavy (non-hydrogen) atoms. The van der Waals surface area contributed by atoms with E-state index < -0.39 is 26.2 Å². The molecule has 0 aliphatic rings. The molecule has 0 spiro atoms. The van der Waals surface area contributed by atoms with Gasteiger partial charge in [-0.3, -0.25) is 0 Å². The number of rotatable bonds is 4. The van der Waals surface area contributed by atoms with E-state index in [9.17, 15) is 26.4 Å². The van der Waals surface area contributed by atoms with E-state index in [-0.39, 0.29) is 12.0 Å². The van der Waals surface area contributed by atoms with Crippen LogP contribution in [0, 0.1) is 6.92 Å². The first kappa shape index (κ1) is 18.0. The number of carboxylic acids is 1. The van der Waals surface area contributed by atoms with Crippen LogP contribution in [0.1, 0.15) is 27.0 Å². The molecule has 0 aliphatic heterocycles. The summed E-state index contributed by atoms with van der Waals surface area (Å²) in [7, 11) is -5.37. The number of aromatic carboxylic acids is 1. The summed E-state index contributed by atoms with van der Waals surface area (Å²) in [5.74, 6) is -1.08. The molecular formula is C16H13F3O4S. The minimum atomic E-state index is -5.37. The van der Waals surface area contributed by atoms with E-state index in [2.05, 4.69) is 0 Å². The van der Waals surface area contributed by atoms with E-state index in [0.29, 0.717) is 11.1 Å². The highest BCUT2D eigenvalue weighted by atomic mass is 32.2. The molecule has 128 valence electrons. The fourth-order valence-electron chi connectivity index (χ4n) is 2.24. The first-order chi connectivity index (χ1) is 11.0. The zero-order chi connectivity index (χ0) is 18.1. The zero-order valence-corrected chi connectivity index (χ0v) is 13.3. The van der Waals surface area contributed by atoms with Crippen molar-refractivity contribution in [2.45, 2.75) is 23.7 Å². The van der Waals surface area contributed by atoms with Crippen molar-refractivity contribution in [3.63, 3.8) is 0 Å². The smallest absolute Gasteiger partial charge is 0.478 e. The van der Waals surface area contributed by atoms with Gasteiger partial charge in [0.15, 0.2) is 0 Å². The maximum atomic E-state index is 12.5. The van der Waals surface area contributed by atoms with Gasteiger partial charge in [-0.1, -0.05) is 18.2 Å². The van der Waals surface area contributed by atoms with Crippen molar-refractivity contribution >= 4 is 15.8 Å². The van der Waals surface area contributed by atoms with Crippen LogP contribution >= 0.6 is 0 Å². The van der Waals surface area contributed by atoms with Gasteiger partial charge in [0.2, 0.25) is 0 Å². The Labute approximate surface area is 136 Å². The molecule has 4 nitrogen and oxygen atoms in total. The van der Waals surface area contributed by atoms with Crippen LogP contribution < -0.4 is 0 Å². The van der Waals surface area contributed by atoms with Gasteiger partial charge in [-0.2, -0.15) is 13.2 Å². The molecule has 1 N–H and O–H groups in total. The first-order valence-electron chi connectivity index (χ1n) is 6.75. The normalized spacial score (nSPS) is 12.2. The molecule has 0 radical (unpaired) electrons. The SMILES string of the molecule is Cc1cc(Cc2ccc(S(=O)(=O)C(F)(F)F)cc2)cc(C(=O)O)c1. The molecule has 0 saturated heterocycles. The Hall–Kier alpha value is -2.35. The monoisotopic (exact) mass is 358 g/mol. The molecule has 0 aromatic heterocycles. The van der Waals surface area contributed by atoms with Gasteiger partial charge in [0.1, 0.15) is 0 Å². The van der Waals surface area contributed by atoms with Gasteiger partial charge in [0.25, 0.3) is 9.84 Å². The van der Waals surface area contributed by atoms with E-state index in [1.807, 2.05) is 0 Å². The van der Waals surface area contributed by atoms with Gasteiger partial charge in [0.05, 0.1) is 10.5 Å². The fraction of sp³-hybridized carbons (Fsp3) is 0.188. The van der Waals surface area contributed by atoms with Gasteiger partial charge in [-0.05, 0) is 54.3 Å². The molecule has 0 heterocycles. The van der Waals surface area contributed by atoms with Crippen molar-refractivity contribution in [1.29, 1.82) is 0 Å². The molecule has 2 aromatic rings. The van der Waals surface area contributed by atoms with Gasteiger partial charge in [0, 0.05) is 0 Å². The lowest BCUT2D eigenvalue weighted by Gasteiger charge is -2.09. The Bertz CT molecular complexity index is 869. The van der Waals surface area contributed by atoms with E-state index >= 15 is 0 Å². The number of sulfone groups is 1. The third-order valence-corrected chi connectivity index (χ3v) is 4.83. The van der Waals surface area contributed by atoms with Crippen molar-refractivity contribution in [3.05, 3.63) is 64.7 Å². The number of alkyl halides is 3. The quantitative estimate of drug-likeness (QED) is 0.907. The molecule has 0 atom stereocenters. The van der Waals surface area contributed by atoms with Crippen LogP contribution in [0.4, 0.5) is 13.2 Å². The molecule has 0 amide bonds. The number of benzene rings is 2. The number of hydrogen-bond donors (Lipinski definition) is 1. The number of carbonyl (C=O) groups is 1. The fourth-order valence-corrected chi connectivity index (χ4v) is 3.01. The highest BCUT2D eigenvalue weighted by Gasteiger charge is 2.46. The van der Waals surface area contributed by atoms with Gasteiger partial charge < -0.3 is 5.11 Å². The highest BCUT2D eigenvalue weighted by molar-refractivity contribution is 7.92. The topological polar surface area (TPSA) is 71.4 Å². The van der Waals surface area contributed by atoms with Gasteiger partial charge >= 0.3 is 11.5 Å². The van der Waals surface area contributed by atoms with Crippen LogP contribution in [0.15, 0.2) is 47.4 Å². The molecule has 0 aliphatic carbocycles. The third kappa shape index (κ3) is 3.76. The Kier molecular flexibility index (Phi) is 4.70. The standard InChI is InChI=1S/C16H13F3O4S/c1-10-6-12(9-13(7-10)15(20)21)8-11-2-4-14(5-3-11)24(22,23)16(17,18)19/h2-7,9H,8H2,1H3,(H,20,21). The van der Waals surface area contributed by atoms with Crippen LogP contribution in [0.5, 0.6) is 0 Å². The molecule has 0 unspecified atom stereocenters. The van der Waals surface area contributed by atoms with E-state index in [4.69, 9.17) is 5.11 Å². The summed E-state index contributed by atoms with van der Waals surface area (Å²) in [4.78, 5) is 10.2. The number of aryl methyl sites for hydroxylation is 1. The summed E-state index contributed by atoms with van der Waals surface area (Å²) in [6, 6.07) is 9.08. The second-order valence-corrected chi connectivity index (χ2v) is 7.22. The van der Waals surface area contributed by atoms with Crippen molar-refractivity contribution in [2.75, 3.05) is 0 Å². The summed E-state index contributed by atoms with van der Waals surface area (Å²) in [6.07, 6.45) is 0.272. The van der Waals surface area contributed by atoms with Crippen LogP contribution in [0.2, 0.25) is 0 Å². The zero-order valence-electron chi connectivity index (χ0n) is 12.5. The largest absolute Gasteiger partial charge is 0.501 e. The molecular weight excluding hydrogens is 345 g/mol. The van der Waals surface area contributed by atoms with Crippen molar-refractivity contribution in [1.82, 2.24) is 0 Å². The second-order valence-electron chi connectivity index (χ2n) is 5.28. The highest BCUT2D eigenvalue weighted by Crippen LogP contribution is 2.30. The van der Waals surface area contributed by atoms with Gasteiger partial charge in [-0.25, -0.2) is 13.2 Å². The molecule has 0 bridgehead atoms. The predicted octanol–water partition coefficient (Wildman–Crippen LogP) is 3.58. The predicted molar refractivity (Wildman–Crippen MR) is 80.6 cm³/mol. The second kappa shape index (κ2) is 6.27. The van der Waals surface area contributed by atoms with E-state index in [0.717, 1.165) is 17.7 Å². The average molecular weight is 358 g/mol. The summed E-state index contributed by atoms with van der Waals surface area (Å²) < 4.78 is 60.1. The van der Waals surface area contributed by atoms with Crippen LogP contribution in [-0.4, -0.2) is 25.0 Å². The van der Waals surface area contributed by atoms with Crippen LogP contribution in [0.25, 0.3) is 0 Å². The molecule has 2 rings (SSSR count). The summed E-state index contributed by atoms with van der Waals surface area (Å²) in [5.41, 5.74) is -3.26.